The van der Waals surface area contributed by atoms with E-state index in [1.807, 2.05) is 29.0 Å². The molecule has 0 saturated carbocycles. The number of aromatic nitrogens is 2. The summed E-state index contributed by atoms with van der Waals surface area (Å²) in [7, 11) is 0. The Kier molecular flexibility index (Phi) is 7.30. The highest BCUT2D eigenvalue weighted by atomic mass is 16.5. The topological polar surface area (TPSA) is 50.6 Å². The summed E-state index contributed by atoms with van der Waals surface area (Å²) < 4.78 is 8.44. The number of nitrogens with zero attached hydrogens (tertiary/aromatic N) is 4. The van der Waals surface area contributed by atoms with E-state index in [0.717, 1.165) is 63.1 Å². The van der Waals surface area contributed by atoms with Crippen LogP contribution in [0.4, 0.5) is 0 Å². The molecule has 0 bridgehead atoms. The van der Waals surface area contributed by atoms with Crippen molar-refractivity contribution in [3.8, 4) is 0 Å². The minimum Gasteiger partial charge on any atom is -0.375 e. The second kappa shape index (κ2) is 10.8. The Bertz CT molecular complexity index is 1090. The molecule has 2 saturated heterocycles. The fourth-order valence-electron chi connectivity index (χ4n) is 5.70. The van der Waals surface area contributed by atoms with Crippen LogP contribution in [0.15, 0.2) is 73.3 Å². The summed E-state index contributed by atoms with van der Waals surface area (Å²) in [5, 5.41) is 0. The summed E-state index contributed by atoms with van der Waals surface area (Å²) in [5.74, 6) is 0.128. The SMILES string of the molecule is CCN(C(=O)c1cccc(Cn2ccnc2)c1)[C@@H]1CCOC2(CCN(Cc3ccccc3)CC2)C1. The molecule has 0 unspecified atom stereocenters. The molecular formula is C29H36N4O2. The highest BCUT2D eigenvalue weighted by Gasteiger charge is 2.42. The van der Waals surface area contributed by atoms with Crippen molar-refractivity contribution in [1.29, 1.82) is 0 Å². The molecule has 1 atom stereocenters. The van der Waals surface area contributed by atoms with Gasteiger partial charge in [-0.05, 0) is 55.9 Å². The van der Waals surface area contributed by atoms with Gasteiger partial charge < -0.3 is 14.2 Å². The van der Waals surface area contributed by atoms with Crippen LogP contribution in [0, 0.1) is 0 Å². The molecule has 35 heavy (non-hydrogen) atoms. The zero-order chi connectivity index (χ0) is 24.1. The van der Waals surface area contributed by atoms with Gasteiger partial charge in [0.1, 0.15) is 0 Å². The number of carbonyl (C=O) groups excluding carboxylic acids is 1. The summed E-state index contributed by atoms with van der Waals surface area (Å²) in [6.45, 7) is 7.33. The van der Waals surface area contributed by atoms with Crippen LogP contribution >= 0.6 is 0 Å². The van der Waals surface area contributed by atoms with Gasteiger partial charge in [-0.15, -0.1) is 0 Å². The molecule has 0 radical (unpaired) electrons. The predicted octanol–water partition coefficient (Wildman–Crippen LogP) is 4.61. The van der Waals surface area contributed by atoms with Crippen LogP contribution in [-0.2, 0) is 17.8 Å². The number of likely N-dealkylation sites (tertiary alicyclic amines) is 1. The number of ether oxygens (including phenoxy) is 1. The third-order valence-electron chi connectivity index (χ3n) is 7.62. The highest BCUT2D eigenvalue weighted by Crippen LogP contribution is 2.37. The summed E-state index contributed by atoms with van der Waals surface area (Å²) in [5.41, 5.74) is 3.14. The van der Waals surface area contributed by atoms with Gasteiger partial charge in [0.05, 0.1) is 11.9 Å². The lowest BCUT2D eigenvalue weighted by atomic mass is 9.81. The second-order valence-electron chi connectivity index (χ2n) is 9.97. The highest BCUT2D eigenvalue weighted by molar-refractivity contribution is 5.94. The first-order valence-corrected chi connectivity index (χ1v) is 12.9. The van der Waals surface area contributed by atoms with Crippen LogP contribution in [0.5, 0.6) is 0 Å². The molecule has 3 heterocycles. The molecule has 0 aliphatic carbocycles. The van der Waals surface area contributed by atoms with Crippen LogP contribution in [0.25, 0.3) is 0 Å². The van der Waals surface area contributed by atoms with Crippen molar-refractivity contribution in [1.82, 2.24) is 19.4 Å². The van der Waals surface area contributed by atoms with E-state index in [4.69, 9.17) is 4.74 Å². The summed E-state index contributed by atoms with van der Waals surface area (Å²) in [6.07, 6.45) is 9.43. The van der Waals surface area contributed by atoms with Crippen molar-refractivity contribution in [3.63, 3.8) is 0 Å². The smallest absolute Gasteiger partial charge is 0.254 e. The van der Waals surface area contributed by atoms with E-state index in [9.17, 15) is 4.79 Å². The van der Waals surface area contributed by atoms with Crippen molar-refractivity contribution >= 4 is 5.91 Å². The average molecular weight is 473 g/mol. The van der Waals surface area contributed by atoms with E-state index in [1.165, 1.54) is 5.56 Å². The molecule has 2 aliphatic rings. The van der Waals surface area contributed by atoms with Crippen LogP contribution in [-0.4, -0.2) is 63.1 Å². The second-order valence-corrected chi connectivity index (χ2v) is 9.97. The van der Waals surface area contributed by atoms with Gasteiger partial charge in [-0.2, -0.15) is 0 Å². The van der Waals surface area contributed by atoms with E-state index in [-0.39, 0.29) is 17.6 Å². The normalized spacial score (nSPS) is 20.1. The molecule has 184 valence electrons. The van der Waals surface area contributed by atoms with Crippen molar-refractivity contribution in [2.75, 3.05) is 26.2 Å². The molecule has 1 aromatic heterocycles. The largest absolute Gasteiger partial charge is 0.375 e. The summed E-state index contributed by atoms with van der Waals surface area (Å²) >= 11 is 0. The zero-order valence-corrected chi connectivity index (χ0v) is 20.7. The van der Waals surface area contributed by atoms with Gasteiger partial charge in [0.25, 0.3) is 5.91 Å². The van der Waals surface area contributed by atoms with Gasteiger partial charge in [0.15, 0.2) is 0 Å². The number of benzene rings is 2. The van der Waals surface area contributed by atoms with E-state index in [1.54, 1.807) is 12.5 Å². The van der Waals surface area contributed by atoms with Gasteiger partial charge in [0, 0.05) is 63.3 Å². The maximum atomic E-state index is 13.6. The van der Waals surface area contributed by atoms with E-state index in [2.05, 4.69) is 58.1 Å². The molecule has 2 fully saturated rings. The third-order valence-corrected chi connectivity index (χ3v) is 7.62. The van der Waals surface area contributed by atoms with Crippen LogP contribution in [0.1, 0.15) is 54.1 Å². The van der Waals surface area contributed by atoms with Crippen LogP contribution < -0.4 is 0 Å². The van der Waals surface area contributed by atoms with E-state index < -0.39 is 0 Å². The number of hydrogen-bond acceptors (Lipinski definition) is 4. The van der Waals surface area contributed by atoms with Crippen LogP contribution in [0.3, 0.4) is 0 Å². The Balaban J connectivity index is 1.22. The molecule has 5 rings (SSSR count). The molecule has 6 nitrogen and oxygen atoms in total. The first-order valence-electron chi connectivity index (χ1n) is 12.9. The Hall–Kier alpha value is -2.96. The van der Waals surface area contributed by atoms with Crippen LogP contribution in [0.2, 0.25) is 0 Å². The molecule has 1 spiro atoms. The number of hydrogen-bond donors (Lipinski definition) is 0. The van der Waals surface area contributed by atoms with Crippen molar-refractivity contribution in [2.24, 2.45) is 0 Å². The van der Waals surface area contributed by atoms with Gasteiger partial charge in [-0.3, -0.25) is 9.69 Å². The van der Waals surface area contributed by atoms with E-state index in [0.29, 0.717) is 13.1 Å². The Morgan fingerprint density at radius 3 is 2.63 bits per heavy atom. The minimum atomic E-state index is -0.104. The number of amides is 1. The Morgan fingerprint density at radius 1 is 1.09 bits per heavy atom. The lowest BCUT2D eigenvalue weighted by Gasteiger charge is -2.48. The first kappa shape index (κ1) is 23.8. The molecule has 1 amide bonds. The summed E-state index contributed by atoms with van der Waals surface area (Å²) in [4.78, 5) is 22.3. The number of imidazole rings is 1. The molecule has 3 aromatic rings. The fraction of sp³-hybridized carbons (Fsp3) is 0.448. The van der Waals surface area contributed by atoms with Gasteiger partial charge in [-0.1, -0.05) is 42.5 Å². The Morgan fingerprint density at radius 2 is 1.89 bits per heavy atom. The molecular weight excluding hydrogens is 436 g/mol. The molecule has 2 aliphatic heterocycles. The average Bonchev–Trinajstić information content (AvgIpc) is 3.40. The predicted molar refractivity (Wildman–Crippen MR) is 137 cm³/mol. The monoisotopic (exact) mass is 472 g/mol. The summed E-state index contributed by atoms with van der Waals surface area (Å²) in [6, 6.07) is 18.9. The van der Waals surface area contributed by atoms with Gasteiger partial charge in [-0.25, -0.2) is 4.98 Å². The van der Waals surface area contributed by atoms with Crippen molar-refractivity contribution < 1.29 is 9.53 Å². The maximum Gasteiger partial charge on any atom is 0.254 e. The number of piperidine rings is 1. The molecule has 0 N–H and O–H groups in total. The molecule has 6 heteroatoms. The lowest BCUT2D eigenvalue weighted by molar-refractivity contribution is -0.129. The number of rotatable bonds is 7. The van der Waals surface area contributed by atoms with E-state index >= 15 is 0 Å². The van der Waals surface area contributed by atoms with Gasteiger partial charge in [0.2, 0.25) is 0 Å². The zero-order valence-electron chi connectivity index (χ0n) is 20.7. The van der Waals surface area contributed by atoms with Crippen molar-refractivity contribution in [3.05, 3.63) is 90.0 Å². The van der Waals surface area contributed by atoms with Gasteiger partial charge >= 0.3 is 0 Å². The third kappa shape index (κ3) is 5.65. The lowest BCUT2D eigenvalue weighted by Crippen LogP contribution is -2.54. The first-order chi connectivity index (χ1) is 17.1. The maximum absolute atomic E-state index is 13.6. The quantitative estimate of drug-likeness (QED) is 0.504. The minimum absolute atomic E-state index is 0.104. The fourth-order valence-corrected chi connectivity index (χ4v) is 5.70. The van der Waals surface area contributed by atoms with Crippen molar-refractivity contribution in [2.45, 2.75) is 57.3 Å². The Labute approximate surface area is 208 Å². The standard InChI is InChI=1S/C29H36N4O2/c1-2-33(28(34)26-10-6-9-25(19-26)22-32-17-14-30-23-32)27-11-18-35-29(20-27)12-15-31(16-13-29)21-24-7-4-3-5-8-24/h3-10,14,17,19,23,27H,2,11-13,15-16,18,20-22H2,1H3/t27-/m1/s1. The molecule has 2 aromatic carbocycles. The number of carbonyl (C=O) groups is 1.